The van der Waals surface area contributed by atoms with Crippen LogP contribution in [-0.4, -0.2) is 14.5 Å². The molecule has 1 N–H and O–H groups in total. The molecule has 3 aliphatic rings. The predicted octanol–water partition coefficient (Wildman–Crippen LogP) is 2.83. The molecular weight excluding hydrogens is 334 g/mol. The van der Waals surface area contributed by atoms with Crippen LogP contribution in [-0.2, 0) is 10.0 Å². The van der Waals surface area contributed by atoms with Crippen LogP contribution in [0.5, 0.6) is 0 Å². The maximum Gasteiger partial charge on any atom is 0.251 e. The van der Waals surface area contributed by atoms with Crippen LogP contribution in [0.25, 0.3) is 0 Å². The van der Waals surface area contributed by atoms with E-state index in [2.05, 4.69) is 20.7 Å². The van der Waals surface area contributed by atoms with E-state index >= 15 is 0 Å². The molecule has 6 heteroatoms. The molecule has 0 aromatic carbocycles. The maximum absolute atomic E-state index is 12.3. The quantitative estimate of drug-likeness (QED) is 0.913. The van der Waals surface area contributed by atoms with Crippen molar-refractivity contribution in [3.63, 3.8) is 0 Å². The molecule has 98 valence electrons. The average molecular weight is 348 g/mol. The Hall–Kier alpha value is 0.0900. The summed E-state index contributed by atoms with van der Waals surface area (Å²) < 4.78 is 28.6. The first-order chi connectivity index (χ1) is 8.58. The van der Waals surface area contributed by atoms with E-state index in [-0.39, 0.29) is 6.04 Å². The van der Waals surface area contributed by atoms with Gasteiger partial charge in [0.15, 0.2) is 0 Å². The molecule has 1 aromatic rings. The van der Waals surface area contributed by atoms with E-state index in [4.69, 9.17) is 0 Å². The Bertz CT molecular complexity index is 581. The zero-order chi connectivity index (χ0) is 12.5. The Morgan fingerprint density at radius 3 is 2.50 bits per heavy atom. The molecule has 0 saturated heterocycles. The van der Waals surface area contributed by atoms with Crippen LogP contribution in [0.15, 0.2) is 20.1 Å². The summed E-state index contributed by atoms with van der Waals surface area (Å²) in [7, 11) is -3.32. The van der Waals surface area contributed by atoms with Gasteiger partial charge in [-0.15, -0.1) is 11.3 Å². The standard InChI is InChI=1S/C12H14BrNO2S2/c13-8-3-4-17-12(8)18(15,16)14-11-9-6-1-2-7(5-6)10(9)11/h3-4,6-7,9-11,14H,1-2,5H2. The molecule has 18 heavy (non-hydrogen) atoms. The first kappa shape index (κ1) is 11.9. The topological polar surface area (TPSA) is 46.2 Å². The fraction of sp³-hybridized carbons (Fsp3) is 0.667. The number of sulfonamides is 1. The van der Waals surface area contributed by atoms with E-state index in [1.807, 2.05) is 0 Å². The molecule has 3 nitrogen and oxygen atoms in total. The molecule has 4 unspecified atom stereocenters. The molecule has 4 rings (SSSR count). The lowest BCUT2D eigenvalue weighted by atomic mass is 10.0. The summed E-state index contributed by atoms with van der Waals surface area (Å²) >= 11 is 4.58. The third kappa shape index (κ3) is 1.58. The zero-order valence-electron chi connectivity index (χ0n) is 9.67. The normalized spacial score (nSPS) is 41.1. The van der Waals surface area contributed by atoms with Gasteiger partial charge < -0.3 is 0 Å². The van der Waals surface area contributed by atoms with Crippen molar-refractivity contribution in [1.82, 2.24) is 4.72 Å². The van der Waals surface area contributed by atoms with Gasteiger partial charge in [-0.05, 0) is 70.3 Å². The molecule has 0 spiro atoms. The van der Waals surface area contributed by atoms with E-state index in [1.165, 1.54) is 30.6 Å². The first-order valence-electron chi connectivity index (χ1n) is 6.33. The highest BCUT2D eigenvalue weighted by Crippen LogP contribution is 2.65. The number of rotatable bonds is 3. The maximum atomic E-state index is 12.3. The molecule has 3 saturated carbocycles. The van der Waals surface area contributed by atoms with Gasteiger partial charge in [0.1, 0.15) is 4.21 Å². The minimum atomic E-state index is -3.32. The van der Waals surface area contributed by atoms with Gasteiger partial charge in [-0.25, -0.2) is 13.1 Å². The predicted molar refractivity (Wildman–Crippen MR) is 73.9 cm³/mol. The number of halogens is 1. The third-order valence-corrected chi connectivity index (χ3v) is 8.98. The summed E-state index contributed by atoms with van der Waals surface area (Å²) in [4.78, 5) is 0. The molecule has 4 atom stereocenters. The van der Waals surface area contributed by atoms with Crippen molar-refractivity contribution >= 4 is 37.3 Å². The van der Waals surface area contributed by atoms with Crippen LogP contribution in [0.2, 0.25) is 0 Å². The van der Waals surface area contributed by atoms with Gasteiger partial charge in [0.05, 0.1) is 0 Å². The first-order valence-corrected chi connectivity index (χ1v) is 9.49. The highest BCUT2D eigenvalue weighted by atomic mass is 79.9. The summed E-state index contributed by atoms with van der Waals surface area (Å²) in [6.45, 7) is 0. The van der Waals surface area contributed by atoms with Crippen LogP contribution in [0.4, 0.5) is 0 Å². The van der Waals surface area contributed by atoms with Gasteiger partial charge in [0, 0.05) is 10.5 Å². The second kappa shape index (κ2) is 3.81. The van der Waals surface area contributed by atoms with E-state index in [0.717, 1.165) is 11.8 Å². The summed E-state index contributed by atoms with van der Waals surface area (Å²) in [5, 5.41) is 1.80. The monoisotopic (exact) mass is 347 g/mol. The molecule has 1 aromatic heterocycles. The van der Waals surface area contributed by atoms with E-state index < -0.39 is 10.0 Å². The van der Waals surface area contributed by atoms with Crippen LogP contribution in [0.1, 0.15) is 19.3 Å². The summed E-state index contributed by atoms with van der Waals surface area (Å²) in [5.41, 5.74) is 0. The Morgan fingerprint density at radius 1 is 1.28 bits per heavy atom. The van der Waals surface area contributed by atoms with Crippen molar-refractivity contribution < 1.29 is 8.42 Å². The lowest BCUT2D eigenvalue weighted by Gasteiger charge is -2.10. The van der Waals surface area contributed by atoms with Crippen LogP contribution in [0.3, 0.4) is 0 Å². The van der Waals surface area contributed by atoms with E-state index in [1.54, 1.807) is 11.4 Å². The average Bonchev–Trinajstić information content (AvgIpc) is 2.77. The fourth-order valence-electron chi connectivity index (χ4n) is 4.19. The molecule has 3 aliphatic carbocycles. The Kier molecular flexibility index (Phi) is 2.51. The number of hydrogen-bond acceptors (Lipinski definition) is 3. The molecule has 0 amide bonds. The van der Waals surface area contributed by atoms with Crippen molar-refractivity contribution in [3.8, 4) is 0 Å². The Labute approximate surface area is 119 Å². The van der Waals surface area contributed by atoms with Gasteiger partial charge in [-0.1, -0.05) is 0 Å². The highest BCUT2D eigenvalue weighted by molar-refractivity contribution is 9.10. The zero-order valence-corrected chi connectivity index (χ0v) is 12.9. The summed E-state index contributed by atoms with van der Waals surface area (Å²) in [6, 6.07) is 2.01. The smallest absolute Gasteiger partial charge is 0.207 e. The lowest BCUT2D eigenvalue weighted by Crippen LogP contribution is -2.29. The second-order valence-electron chi connectivity index (χ2n) is 5.69. The lowest BCUT2D eigenvalue weighted by molar-refractivity contribution is 0.456. The number of nitrogens with one attached hydrogen (secondary N) is 1. The van der Waals surface area contributed by atoms with Crippen molar-refractivity contribution in [2.24, 2.45) is 23.7 Å². The van der Waals surface area contributed by atoms with E-state index in [9.17, 15) is 8.42 Å². The van der Waals surface area contributed by atoms with Crippen molar-refractivity contribution in [1.29, 1.82) is 0 Å². The summed E-state index contributed by atoms with van der Waals surface area (Å²) in [6.07, 6.45) is 3.97. The minimum Gasteiger partial charge on any atom is -0.207 e. The SMILES string of the molecule is O=S(=O)(NC1C2C3CCC(C3)C12)c1sccc1Br. The van der Waals surface area contributed by atoms with Crippen molar-refractivity contribution in [3.05, 3.63) is 15.9 Å². The molecule has 2 bridgehead atoms. The minimum absolute atomic E-state index is 0.218. The van der Waals surface area contributed by atoms with Crippen LogP contribution in [0, 0.1) is 23.7 Å². The number of hydrogen-bond donors (Lipinski definition) is 1. The van der Waals surface area contributed by atoms with Crippen LogP contribution >= 0.6 is 27.3 Å². The molecule has 0 aliphatic heterocycles. The van der Waals surface area contributed by atoms with E-state index in [0.29, 0.717) is 20.5 Å². The van der Waals surface area contributed by atoms with Crippen molar-refractivity contribution in [2.45, 2.75) is 29.5 Å². The summed E-state index contributed by atoms with van der Waals surface area (Å²) in [5.74, 6) is 2.86. The van der Waals surface area contributed by atoms with Crippen molar-refractivity contribution in [2.75, 3.05) is 0 Å². The molecular formula is C12H14BrNO2S2. The highest BCUT2D eigenvalue weighted by Gasteiger charge is 2.65. The molecule has 0 radical (unpaired) electrons. The van der Waals surface area contributed by atoms with Gasteiger partial charge in [-0.2, -0.15) is 0 Å². The van der Waals surface area contributed by atoms with Gasteiger partial charge in [0.2, 0.25) is 0 Å². The third-order valence-electron chi connectivity index (χ3n) is 4.86. The second-order valence-corrected chi connectivity index (χ2v) is 9.37. The van der Waals surface area contributed by atoms with Crippen LogP contribution < -0.4 is 4.72 Å². The van der Waals surface area contributed by atoms with Gasteiger partial charge in [-0.3, -0.25) is 0 Å². The molecule has 3 fully saturated rings. The number of thiophene rings is 1. The van der Waals surface area contributed by atoms with Gasteiger partial charge in [0.25, 0.3) is 10.0 Å². The largest absolute Gasteiger partial charge is 0.251 e. The molecule has 1 heterocycles. The Balaban J connectivity index is 1.55. The Morgan fingerprint density at radius 2 is 1.94 bits per heavy atom. The number of fused-ring (bicyclic) bond motifs is 5. The van der Waals surface area contributed by atoms with Gasteiger partial charge >= 0.3 is 0 Å². The fourth-order valence-corrected chi connectivity index (χ4v) is 7.84.